The minimum absolute atomic E-state index is 0.0135. The van der Waals surface area contributed by atoms with Crippen LogP contribution in [0.3, 0.4) is 0 Å². The fourth-order valence-corrected chi connectivity index (χ4v) is 3.03. The molecule has 0 aliphatic heterocycles. The van der Waals surface area contributed by atoms with E-state index in [9.17, 15) is 22.8 Å². The normalized spacial score (nSPS) is 16.9. The molecular weight excluding hydrogens is 385 g/mol. The Morgan fingerprint density at radius 2 is 1.83 bits per heavy atom. The lowest BCUT2D eigenvalue weighted by Crippen LogP contribution is -2.38. The van der Waals surface area contributed by atoms with E-state index in [0.29, 0.717) is 5.56 Å². The Labute approximate surface area is 169 Å². The van der Waals surface area contributed by atoms with Crippen LogP contribution in [0.4, 0.5) is 13.2 Å². The molecule has 1 fully saturated rings. The molecule has 0 aromatic carbocycles. The number of hydrogen-bond acceptors (Lipinski definition) is 4. The monoisotopic (exact) mass is 414 g/mol. The average molecular weight is 414 g/mol. The Bertz CT molecular complexity index is 765. The van der Waals surface area contributed by atoms with Gasteiger partial charge < -0.3 is 9.64 Å². The van der Waals surface area contributed by atoms with E-state index < -0.39 is 29.4 Å². The van der Waals surface area contributed by atoms with Crippen molar-refractivity contribution in [2.45, 2.75) is 65.2 Å². The molecule has 29 heavy (non-hydrogen) atoms. The number of halogens is 3. The largest absolute Gasteiger partial charge is 0.481 e. The first-order valence-corrected chi connectivity index (χ1v) is 9.69. The maximum atomic E-state index is 13.0. The highest BCUT2D eigenvalue weighted by Gasteiger charge is 2.40. The molecule has 1 heterocycles. The predicted molar refractivity (Wildman–Crippen MR) is 103 cm³/mol. The number of alkyl halides is 3. The van der Waals surface area contributed by atoms with Crippen LogP contribution in [-0.2, 0) is 4.79 Å². The highest BCUT2D eigenvalue weighted by atomic mass is 19.4. The van der Waals surface area contributed by atoms with Gasteiger partial charge in [-0.3, -0.25) is 14.6 Å². The number of aromatic nitrogens is 1. The third-order valence-corrected chi connectivity index (χ3v) is 5.14. The molecule has 8 heteroatoms. The number of carbonyl (C=O) groups excluding carboxylic acids is 2. The van der Waals surface area contributed by atoms with E-state index in [4.69, 9.17) is 4.74 Å². The molecule has 162 valence electrons. The van der Waals surface area contributed by atoms with Crippen molar-refractivity contribution in [3.63, 3.8) is 0 Å². The van der Waals surface area contributed by atoms with Crippen LogP contribution in [-0.4, -0.2) is 47.9 Å². The molecule has 0 radical (unpaired) electrons. The number of hydrogen-bond donors (Lipinski definition) is 0. The molecule has 1 aliphatic carbocycles. The van der Waals surface area contributed by atoms with Gasteiger partial charge in [0.05, 0.1) is 5.92 Å². The summed E-state index contributed by atoms with van der Waals surface area (Å²) in [5, 5.41) is 0. The summed E-state index contributed by atoms with van der Waals surface area (Å²) in [5.41, 5.74) is 0.142. The summed E-state index contributed by atoms with van der Waals surface area (Å²) in [4.78, 5) is 31.0. The summed E-state index contributed by atoms with van der Waals surface area (Å²) in [5.74, 6) is -0.996. The Kier molecular flexibility index (Phi) is 6.65. The first-order chi connectivity index (χ1) is 13.2. The van der Waals surface area contributed by atoms with Crippen molar-refractivity contribution in [3.8, 4) is 5.75 Å². The molecule has 2 atom stereocenters. The number of ketones is 1. The van der Waals surface area contributed by atoms with E-state index in [-0.39, 0.29) is 29.7 Å². The summed E-state index contributed by atoms with van der Waals surface area (Å²) in [6.45, 7) is 6.55. The lowest BCUT2D eigenvalue weighted by Gasteiger charge is -2.31. The van der Waals surface area contributed by atoms with Gasteiger partial charge in [0.25, 0.3) is 0 Å². The van der Waals surface area contributed by atoms with Gasteiger partial charge in [-0.15, -0.1) is 0 Å². The quantitative estimate of drug-likeness (QED) is 0.612. The third kappa shape index (κ3) is 5.93. The number of nitrogens with zero attached hydrogens (tertiary/aromatic N) is 2. The van der Waals surface area contributed by atoms with Gasteiger partial charge >= 0.3 is 6.18 Å². The van der Waals surface area contributed by atoms with Crippen molar-refractivity contribution in [1.29, 1.82) is 0 Å². The van der Waals surface area contributed by atoms with Crippen LogP contribution in [0, 0.1) is 11.3 Å². The molecule has 5 nitrogen and oxygen atoms in total. The Morgan fingerprint density at radius 1 is 1.24 bits per heavy atom. The second-order valence-corrected chi connectivity index (χ2v) is 8.96. The molecule has 1 saturated carbocycles. The molecule has 2 rings (SSSR count). The molecule has 1 aliphatic rings. The van der Waals surface area contributed by atoms with Crippen LogP contribution in [0.1, 0.15) is 68.9 Å². The van der Waals surface area contributed by atoms with Crippen LogP contribution in [0.2, 0.25) is 0 Å². The number of rotatable bonds is 7. The molecule has 1 aromatic rings. The highest BCUT2D eigenvalue weighted by Crippen LogP contribution is 2.45. The third-order valence-electron chi connectivity index (χ3n) is 5.14. The fraction of sp³-hybridized carbons (Fsp3) is 0.667. The molecule has 0 N–H and O–H groups in total. The minimum Gasteiger partial charge on any atom is -0.481 e. The summed E-state index contributed by atoms with van der Waals surface area (Å²) < 4.78 is 44.0. The number of amides is 1. The van der Waals surface area contributed by atoms with Crippen LogP contribution in [0.15, 0.2) is 12.3 Å². The van der Waals surface area contributed by atoms with E-state index in [1.54, 1.807) is 14.1 Å². The summed E-state index contributed by atoms with van der Waals surface area (Å²) >= 11 is 0. The van der Waals surface area contributed by atoms with Crippen LogP contribution in [0.25, 0.3) is 0 Å². The maximum Gasteiger partial charge on any atom is 0.425 e. The zero-order valence-electron chi connectivity index (χ0n) is 17.8. The first kappa shape index (κ1) is 23.2. The minimum atomic E-state index is -4.51. The number of ether oxygens (including phenoxy) is 1. The molecule has 1 amide bonds. The van der Waals surface area contributed by atoms with Crippen molar-refractivity contribution < 1.29 is 27.5 Å². The van der Waals surface area contributed by atoms with Crippen molar-refractivity contribution in [3.05, 3.63) is 23.5 Å². The van der Waals surface area contributed by atoms with E-state index in [1.165, 1.54) is 17.2 Å². The van der Waals surface area contributed by atoms with Crippen LogP contribution in [0.5, 0.6) is 5.75 Å². The van der Waals surface area contributed by atoms with Gasteiger partial charge in [0.15, 0.2) is 11.9 Å². The standard InChI is InChI=1S/C21H29F3N2O3/c1-12(21(22,23)24)29-18-10-16(25-11-14(18)13-7-8-13)17(27)9-15(20(2,3)4)19(28)26(5)6/h10-13,15H,7-9H2,1-6H3/t12-,15?/m0/s1. The number of Topliss-reactive ketones (excluding diaryl/α,β-unsaturated/α-hetero) is 1. The average Bonchev–Trinajstić information content (AvgIpc) is 3.41. The van der Waals surface area contributed by atoms with E-state index in [1.807, 2.05) is 20.8 Å². The molecule has 0 spiro atoms. The van der Waals surface area contributed by atoms with E-state index in [0.717, 1.165) is 19.8 Å². The number of carbonyl (C=O) groups is 2. The zero-order chi connectivity index (χ0) is 22.1. The van der Waals surface area contributed by atoms with Gasteiger partial charge in [-0.2, -0.15) is 13.2 Å². The maximum absolute atomic E-state index is 13.0. The fourth-order valence-electron chi connectivity index (χ4n) is 3.03. The molecular formula is C21H29F3N2O3. The highest BCUT2D eigenvalue weighted by molar-refractivity contribution is 5.97. The van der Waals surface area contributed by atoms with E-state index in [2.05, 4.69) is 4.98 Å². The zero-order valence-corrected chi connectivity index (χ0v) is 17.8. The van der Waals surface area contributed by atoms with Crippen LogP contribution < -0.4 is 4.74 Å². The van der Waals surface area contributed by atoms with Gasteiger partial charge in [-0.1, -0.05) is 20.8 Å². The number of pyridine rings is 1. The molecule has 0 saturated heterocycles. The van der Waals surface area contributed by atoms with Crippen molar-refractivity contribution in [2.24, 2.45) is 11.3 Å². The van der Waals surface area contributed by atoms with Crippen molar-refractivity contribution in [1.82, 2.24) is 9.88 Å². The van der Waals surface area contributed by atoms with Gasteiger partial charge in [-0.05, 0) is 31.1 Å². The lowest BCUT2D eigenvalue weighted by molar-refractivity contribution is -0.189. The van der Waals surface area contributed by atoms with Gasteiger partial charge in [0, 0.05) is 38.3 Å². The SMILES string of the molecule is C[C@H](Oc1cc(C(=O)CC(C(=O)N(C)C)C(C)(C)C)ncc1C1CC1)C(F)(F)F. The smallest absolute Gasteiger partial charge is 0.425 e. The molecule has 1 unspecified atom stereocenters. The summed E-state index contributed by atoms with van der Waals surface area (Å²) in [7, 11) is 3.25. The Balaban J connectivity index is 2.30. The predicted octanol–water partition coefficient (Wildman–Crippen LogP) is 4.61. The second kappa shape index (κ2) is 8.32. The summed E-state index contributed by atoms with van der Waals surface area (Å²) in [6.07, 6.45) is -3.44. The topological polar surface area (TPSA) is 59.5 Å². The Hall–Kier alpha value is -2.12. The first-order valence-electron chi connectivity index (χ1n) is 9.69. The van der Waals surface area contributed by atoms with Crippen LogP contribution >= 0.6 is 0 Å². The molecule has 1 aromatic heterocycles. The van der Waals surface area contributed by atoms with Gasteiger partial charge in [0.2, 0.25) is 5.91 Å². The summed E-state index contributed by atoms with van der Waals surface area (Å²) in [6, 6.07) is 1.29. The van der Waals surface area contributed by atoms with Crippen molar-refractivity contribution in [2.75, 3.05) is 14.1 Å². The van der Waals surface area contributed by atoms with Gasteiger partial charge in [-0.25, -0.2) is 0 Å². The van der Waals surface area contributed by atoms with Crippen molar-refractivity contribution >= 4 is 11.7 Å². The second-order valence-electron chi connectivity index (χ2n) is 8.96. The molecule has 0 bridgehead atoms. The Morgan fingerprint density at radius 3 is 2.28 bits per heavy atom. The van der Waals surface area contributed by atoms with E-state index >= 15 is 0 Å². The lowest BCUT2D eigenvalue weighted by atomic mass is 9.76. The van der Waals surface area contributed by atoms with Gasteiger partial charge in [0.1, 0.15) is 11.4 Å².